The van der Waals surface area contributed by atoms with E-state index in [0.717, 1.165) is 70.6 Å². The number of ether oxygens (including phenoxy) is 3. The molecule has 1 aliphatic rings. The molecule has 0 aromatic rings. The van der Waals surface area contributed by atoms with Gasteiger partial charge in [-0.05, 0) is 96.3 Å². The number of hydrogen-bond acceptors (Lipinski definition) is 10. The van der Waals surface area contributed by atoms with E-state index < -0.39 is 49.5 Å². The molecule has 0 saturated carbocycles. The summed E-state index contributed by atoms with van der Waals surface area (Å²) in [5, 5.41) is 54.4. The minimum atomic E-state index is -1.58. The maximum atomic E-state index is 13.0. The van der Waals surface area contributed by atoms with Crippen molar-refractivity contribution < 1.29 is 49.3 Å². The number of aliphatic hydroxyl groups is 5. The molecule has 484 valence electrons. The lowest BCUT2D eigenvalue weighted by Crippen LogP contribution is -2.60. The van der Waals surface area contributed by atoms with Gasteiger partial charge in [0.15, 0.2) is 6.29 Å². The summed E-state index contributed by atoms with van der Waals surface area (Å²) < 4.78 is 16.7. The van der Waals surface area contributed by atoms with Crippen LogP contribution in [0.25, 0.3) is 0 Å². The number of rotatable bonds is 61. The van der Waals surface area contributed by atoms with Crippen molar-refractivity contribution >= 4 is 11.9 Å². The van der Waals surface area contributed by atoms with Crippen LogP contribution in [-0.4, -0.2) is 100 Å². The van der Waals surface area contributed by atoms with Crippen molar-refractivity contribution in [2.24, 2.45) is 0 Å². The summed E-state index contributed by atoms with van der Waals surface area (Å²) in [6, 6.07) is -0.833. The number of amides is 1. The van der Waals surface area contributed by atoms with Crippen LogP contribution in [0.4, 0.5) is 0 Å². The number of carbonyl (C=O) groups is 2. The number of carbonyl (C=O) groups excluding carboxylic acids is 2. The van der Waals surface area contributed by atoms with Gasteiger partial charge in [0.1, 0.15) is 24.4 Å². The molecule has 0 spiro atoms. The molecule has 7 atom stereocenters. The number of aliphatic hydroxyl groups excluding tert-OH is 5. The van der Waals surface area contributed by atoms with Crippen LogP contribution in [0.3, 0.4) is 0 Å². The average Bonchev–Trinajstić information content (AvgIpc) is 3.69. The second kappa shape index (κ2) is 61.0. The Morgan fingerprint density at radius 2 is 0.783 bits per heavy atom. The van der Waals surface area contributed by atoms with Crippen LogP contribution in [0.2, 0.25) is 0 Å². The monoisotopic (exact) mass is 1170 g/mol. The van der Waals surface area contributed by atoms with Gasteiger partial charge in [0, 0.05) is 12.8 Å². The average molecular weight is 1170 g/mol. The van der Waals surface area contributed by atoms with Gasteiger partial charge in [-0.3, -0.25) is 9.59 Å². The molecule has 11 nitrogen and oxygen atoms in total. The van der Waals surface area contributed by atoms with Crippen molar-refractivity contribution in [1.29, 1.82) is 0 Å². The van der Waals surface area contributed by atoms with Gasteiger partial charge in [-0.25, -0.2) is 0 Å². The Kier molecular flexibility index (Phi) is 57.6. The molecule has 1 heterocycles. The highest BCUT2D eigenvalue weighted by atomic mass is 16.7. The molecule has 1 rings (SSSR count). The lowest BCUT2D eigenvalue weighted by Gasteiger charge is -2.40. The van der Waals surface area contributed by atoms with Crippen LogP contribution >= 0.6 is 0 Å². The van der Waals surface area contributed by atoms with Crippen molar-refractivity contribution in [2.75, 3.05) is 19.8 Å². The summed E-state index contributed by atoms with van der Waals surface area (Å²) in [7, 11) is 0. The standard InChI is InChI=1S/C72H131NO10/c1-3-5-7-9-11-13-15-39-42-46-50-54-58-65(75)64(63-82-72-71(80)70(79)69(78)66(62-74)83-72)73-67(76)59-55-51-47-43-40-36-34-32-30-28-26-24-22-20-18-16-17-19-21-23-25-27-29-31-33-35-37-41-45-49-53-57-61-81-68(77)60-56-52-48-44-38-14-12-10-8-6-4-2/h9-12,19,21,39,42,54,58,64-66,69-72,74-75,78-80H,3-8,13-18,20,22-38,40-41,43-53,55-57,59-63H2,1-2H3,(H,73,76)/b11-9+,12-10-,21-19-,42-39+,58-54+. The Hall–Kier alpha value is -2.64. The first-order valence-electron chi connectivity index (χ1n) is 35.1. The molecule has 1 aliphatic heterocycles. The predicted octanol–water partition coefficient (Wildman–Crippen LogP) is 17.7. The van der Waals surface area contributed by atoms with E-state index in [1.54, 1.807) is 6.08 Å². The molecule has 0 aliphatic carbocycles. The minimum Gasteiger partial charge on any atom is -0.466 e. The Morgan fingerprint density at radius 1 is 0.434 bits per heavy atom. The first-order chi connectivity index (χ1) is 40.7. The van der Waals surface area contributed by atoms with Crippen molar-refractivity contribution in [3.05, 3.63) is 60.8 Å². The molecule has 0 radical (unpaired) electrons. The number of nitrogens with one attached hydrogen (secondary N) is 1. The molecule has 0 aromatic carbocycles. The van der Waals surface area contributed by atoms with Crippen LogP contribution in [-0.2, 0) is 23.8 Å². The van der Waals surface area contributed by atoms with E-state index in [1.165, 1.54) is 225 Å². The fraction of sp³-hybridized carbons (Fsp3) is 0.833. The number of hydrogen-bond donors (Lipinski definition) is 6. The maximum absolute atomic E-state index is 13.0. The Balaban J connectivity index is 1.96. The zero-order chi connectivity index (χ0) is 60.2. The minimum absolute atomic E-state index is 0.00124. The first-order valence-corrected chi connectivity index (χ1v) is 35.1. The van der Waals surface area contributed by atoms with Gasteiger partial charge in [-0.1, -0.05) is 274 Å². The van der Waals surface area contributed by atoms with Gasteiger partial charge in [-0.15, -0.1) is 0 Å². The van der Waals surface area contributed by atoms with Crippen LogP contribution in [0, 0.1) is 0 Å². The third kappa shape index (κ3) is 50.1. The number of allylic oxidation sites excluding steroid dienone is 9. The summed E-state index contributed by atoms with van der Waals surface area (Å²) >= 11 is 0. The Labute approximate surface area is 509 Å². The summed E-state index contributed by atoms with van der Waals surface area (Å²) in [5.41, 5.74) is 0. The van der Waals surface area contributed by atoms with E-state index in [4.69, 9.17) is 14.2 Å². The van der Waals surface area contributed by atoms with E-state index in [1.807, 2.05) is 6.08 Å². The maximum Gasteiger partial charge on any atom is 0.305 e. The van der Waals surface area contributed by atoms with E-state index in [0.29, 0.717) is 19.4 Å². The largest absolute Gasteiger partial charge is 0.466 e. The summed E-state index contributed by atoms with van der Waals surface area (Å²) in [5.74, 6) is -0.196. The molecule has 1 saturated heterocycles. The van der Waals surface area contributed by atoms with Crippen LogP contribution in [0.1, 0.15) is 322 Å². The van der Waals surface area contributed by atoms with Gasteiger partial charge in [0.05, 0.1) is 32.0 Å². The van der Waals surface area contributed by atoms with Crippen LogP contribution in [0.5, 0.6) is 0 Å². The van der Waals surface area contributed by atoms with E-state index in [2.05, 4.69) is 67.8 Å². The fourth-order valence-electron chi connectivity index (χ4n) is 10.7. The summed E-state index contributed by atoms with van der Waals surface area (Å²) in [6.45, 7) is 4.26. The third-order valence-corrected chi connectivity index (χ3v) is 16.3. The summed E-state index contributed by atoms with van der Waals surface area (Å²) in [6.07, 6.45) is 70.8. The van der Waals surface area contributed by atoms with E-state index in [-0.39, 0.29) is 18.5 Å². The molecule has 7 unspecified atom stereocenters. The Bertz CT molecular complexity index is 1560. The second-order valence-corrected chi connectivity index (χ2v) is 24.2. The zero-order valence-corrected chi connectivity index (χ0v) is 53.7. The van der Waals surface area contributed by atoms with E-state index in [9.17, 15) is 35.1 Å². The Morgan fingerprint density at radius 3 is 1.19 bits per heavy atom. The quantitative estimate of drug-likeness (QED) is 0.0195. The van der Waals surface area contributed by atoms with Gasteiger partial charge < -0.3 is 45.1 Å². The topological polar surface area (TPSA) is 175 Å². The third-order valence-electron chi connectivity index (χ3n) is 16.3. The smallest absolute Gasteiger partial charge is 0.305 e. The molecule has 6 N–H and O–H groups in total. The van der Waals surface area contributed by atoms with Gasteiger partial charge in [-0.2, -0.15) is 0 Å². The molecular weight excluding hydrogens is 1040 g/mol. The van der Waals surface area contributed by atoms with Crippen LogP contribution < -0.4 is 5.32 Å². The predicted molar refractivity (Wildman–Crippen MR) is 347 cm³/mol. The molecule has 0 bridgehead atoms. The molecule has 1 amide bonds. The molecule has 83 heavy (non-hydrogen) atoms. The zero-order valence-electron chi connectivity index (χ0n) is 53.7. The normalized spacial score (nSPS) is 18.5. The van der Waals surface area contributed by atoms with Crippen molar-refractivity contribution in [1.82, 2.24) is 5.32 Å². The van der Waals surface area contributed by atoms with Crippen molar-refractivity contribution in [3.8, 4) is 0 Å². The van der Waals surface area contributed by atoms with Gasteiger partial charge in [0.2, 0.25) is 5.91 Å². The lowest BCUT2D eigenvalue weighted by atomic mass is 9.99. The SMILES string of the molecule is CCCC/C=C\CCCCCCCC(=O)OCCCCCCCCCCCCCC/C=C\CCCCCCCCCCCCCCCCCCC(=O)NC(COC1OC(CO)C(O)C(O)C1O)C(O)/C=C/CC/C=C/CC/C=C/CCCC. The molecular formula is C72H131NO10. The number of unbranched alkanes of at least 4 members (excludes halogenated alkanes) is 39. The lowest BCUT2D eigenvalue weighted by molar-refractivity contribution is -0.302. The first kappa shape index (κ1) is 78.4. The van der Waals surface area contributed by atoms with Crippen molar-refractivity contribution in [3.63, 3.8) is 0 Å². The highest BCUT2D eigenvalue weighted by Crippen LogP contribution is 2.23. The molecule has 0 aromatic heterocycles. The second-order valence-electron chi connectivity index (χ2n) is 24.2. The van der Waals surface area contributed by atoms with Crippen LogP contribution in [0.15, 0.2) is 60.8 Å². The van der Waals surface area contributed by atoms with Gasteiger partial charge >= 0.3 is 5.97 Å². The number of esters is 1. The van der Waals surface area contributed by atoms with Crippen molar-refractivity contribution in [2.45, 2.75) is 365 Å². The highest BCUT2D eigenvalue weighted by molar-refractivity contribution is 5.76. The summed E-state index contributed by atoms with van der Waals surface area (Å²) in [4.78, 5) is 25.1. The van der Waals surface area contributed by atoms with E-state index >= 15 is 0 Å². The highest BCUT2D eigenvalue weighted by Gasteiger charge is 2.44. The molecule has 11 heteroatoms. The molecule has 1 fully saturated rings. The van der Waals surface area contributed by atoms with Gasteiger partial charge in [0.25, 0.3) is 0 Å². The fourth-order valence-corrected chi connectivity index (χ4v) is 10.7.